The van der Waals surface area contributed by atoms with E-state index in [0.717, 1.165) is 0 Å². The molecule has 1 aromatic heterocycles. The van der Waals surface area contributed by atoms with Gasteiger partial charge in [-0.3, -0.25) is 0 Å². The van der Waals surface area contributed by atoms with Crippen molar-refractivity contribution in [3.63, 3.8) is 0 Å². The second-order valence-electron chi connectivity index (χ2n) is 5.55. The quantitative estimate of drug-likeness (QED) is 0.535. The standard InChI is InChI=1S/C18H12ClFN4O3/c1-26-15-6-14-9(4-13(15)25)7-21-16-17(22-8-23-18(16)27-14)24-10-2-3-12(20)11(19)5-10/h2-8,25H,1H3,(H,22,23,24). The summed E-state index contributed by atoms with van der Waals surface area (Å²) in [6.45, 7) is 0. The first-order valence-corrected chi connectivity index (χ1v) is 8.13. The summed E-state index contributed by atoms with van der Waals surface area (Å²) in [7, 11) is 1.44. The highest BCUT2D eigenvalue weighted by Crippen LogP contribution is 2.42. The average molecular weight is 387 g/mol. The van der Waals surface area contributed by atoms with Crippen molar-refractivity contribution in [2.75, 3.05) is 12.4 Å². The largest absolute Gasteiger partial charge is 0.504 e. The van der Waals surface area contributed by atoms with E-state index in [0.29, 0.717) is 28.5 Å². The molecule has 0 saturated carbocycles. The second kappa shape index (κ2) is 6.73. The minimum Gasteiger partial charge on any atom is -0.504 e. The Morgan fingerprint density at radius 1 is 1.22 bits per heavy atom. The van der Waals surface area contributed by atoms with Gasteiger partial charge in [0.15, 0.2) is 23.0 Å². The Labute approximate surface area is 158 Å². The summed E-state index contributed by atoms with van der Waals surface area (Å²) >= 11 is 5.82. The molecule has 0 saturated heterocycles. The van der Waals surface area contributed by atoms with Gasteiger partial charge in [0.2, 0.25) is 0 Å². The molecule has 2 aromatic carbocycles. The summed E-state index contributed by atoms with van der Waals surface area (Å²) in [6.07, 6.45) is 2.83. The fourth-order valence-electron chi connectivity index (χ4n) is 2.51. The number of benzene rings is 2. The van der Waals surface area contributed by atoms with E-state index in [-0.39, 0.29) is 22.4 Å². The number of aromatic hydroxyl groups is 1. The Balaban J connectivity index is 1.74. The Bertz CT molecular complexity index is 1070. The van der Waals surface area contributed by atoms with Gasteiger partial charge in [-0.15, -0.1) is 0 Å². The first-order chi connectivity index (χ1) is 13.0. The van der Waals surface area contributed by atoms with E-state index in [9.17, 15) is 9.50 Å². The highest BCUT2D eigenvalue weighted by atomic mass is 35.5. The van der Waals surface area contributed by atoms with Crippen molar-refractivity contribution in [3.05, 3.63) is 53.1 Å². The number of aliphatic imine (C=N–C) groups is 1. The van der Waals surface area contributed by atoms with Crippen LogP contribution in [0.15, 0.2) is 41.7 Å². The summed E-state index contributed by atoms with van der Waals surface area (Å²) in [5.74, 6) is 0.684. The van der Waals surface area contributed by atoms with Crippen molar-refractivity contribution < 1.29 is 19.0 Å². The molecule has 0 unspecified atom stereocenters. The van der Waals surface area contributed by atoms with Crippen LogP contribution in [0, 0.1) is 5.82 Å². The van der Waals surface area contributed by atoms with Crippen molar-refractivity contribution in [2.24, 2.45) is 4.99 Å². The molecule has 27 heavy (non-hydrogen) atoms. The van der Waals surface area contributed by atoms with E-state index in [1.165, 1.54) is 43.9 Å². The Hall–Kier alpha value is -3.39. The van der Waals surface area contributed by atoms with E-state index in [1.807, 2.05) is 0 Å². The lowest BCUT2D eigenvalue weighted by atomic mass is 10.2. The number of anilines is 2. The fourth-order valence-corrected chi connectivity index (χ4v) is 2.69. The highest BCUT2D eigenvalue weighted by molar-refractivity contribution is 6.31. The lowest BCUT2D eigenvalue weighted by molar-refractivity contribution is 0.369. The molecule has 7 nitrogen and oxygen atoms in total. The van der Waals surface area contributed by atoms with Gasteiger partial charge in [-0.25, -0.2) is 14.4 Å². The van der Waals surface area contributed by atoms with Crippen LogP contribution in [0.3, 0.4) is 0 Å². The van der Waals surface area contributed by atoms with Crippen LogP contribution < -0.4 is 14.8 Å². The number of phenols is 1. The number of hydrogen-bond acceptors (Lipinski definition) is 7. The van der Waals surface area contributed by atoms with Gasteiger partial charge >= 0.3 is 0 Å². The summed E-state index contributed by atoms with van der Waals surface area (Å²) in [5.41, 5.74) is 1.41. The second-order valence-corrected chi connectivity index (χ2v) is 5.96. The summed E-state index contributed by atoms with van der Waals surface area (Å²) < 4.78 is 24.3. The molecule has 0 fully saturated rings. The van der Waals surface area contributed by atoms with E-state index in [2.05, 4.69) is 20.3 Å². The van der Waals surface area contributed by atoms with Crippen LogP contribution in [-0.2, 0) is 0 Å². The van der Waals surface area contributed by atoms with Gasteiger partial charge < -0.3 is 19.9 Å². The predicted octanol–water partition coefficient (Wildman–Crippen LogP) is 4.58. The topological polar surface area (TPSA) is 88.9 Å². The third-order valence-corrected chi connectivity index (χ3v) is 4.11. The highest BCUT2D eigenvalue weighted by Gasteiger charge is 2.20. The molecular formula is C18H12ClFN4O3. The Morgan fingerprint density at radius 2 is 2.07 bits per heavy atom. The number of aromatic nitrogens is 2. The molecule has 1 aliphatic heterocycles. The Kier molecular flexibility index (Phi) is 4.25. The number of nitrogens with zero attached hydrogens (tertiary/aromatic N) is 3. The van der Waals surface area contributed by atoms with E-state index < -0.39 is 5.82 Å². The van der Waals surface area contributed by atoms with E-state index in [1.54, 1.807) is 6.07 Å². The summed E-state index contributed by atoms with van der Waals surface area (Å²) in [4.78, 5) is 12.6. The maximum Gasteiger partial charge on any atom is 0.250 e. The molecule has 0 atom stereocenters. The van der Waals surface area contributed by atoms with Crippen LogP contribution in [0.4, 0.5) is 21.6 Å². The molecule has 4 rings (SSSR count). The summed E-state index contributed by atoms with van der Waals surface area (Å²) in [5, 5.41) is 12.9. The number of ether oxygens (including phenoxy) is 2. The molecule has 0 aliphatic carbocycles. The van der Waals surface area contributed by atoms with Gasteiger partial charge in [-0.2, -0.15) is 4.98 Å². The number of halogens is 2. The van der Waals surface area contributed by atoms with Crippen molar-refractivity contribution in [3.8, 4) is 23.1 Å². The fraction of sp³-hybridized carbons (Fsp3) is 0.0556. The molecule has 1 aliphatic rings. The molecule has 3 aromatic rings. The average Bonchev–Trinajstić information content (AvgIpc) is 2.83. The lowest BCUT2D eigenvalue weighted by Gasteiger charge is -2.12. The number of rotatable bonds is 3. The van der Waals surface area contributed by atoms with Crippen molar-refractivity contribution in [1.29, 1.82) is 0 Å². The van der Waals surface area contributed by atoms with E-state index >= 15 is 0 Å². The van der Waals surface area contributed by atoms with Crippen LogP contribution in [0.5, 0.6) is 23.1 Å². The zero-order chi connectivity index (χ0) is 19.0. The molecule has 0 amide bonds. The molecular weight excluding hydrogens is 375 g/mol. The van der Waals surface area contributed by atoms with Crippen LogP contribution in [-0.4, -0.2) is 28.4 Å². The zero-order valence-electron chi connectivity index (χ0n) is 13.9. The molecule has 0 bridgehead atoms. The number of fused-ring (bicyclic) bond motifs is 2. The number of phenolic OH excluding ortho intramolecular Hbond substituents is 1. The number of nitrogens with one attached hydrogen (secondary N) is 1. The molecule has 9 heteroatoms. The minimum atomic E-state index is -0.519. The third-order valence-electron chi connectivity index (χ3n) is 3.82. The van der Waals surface area contributed by atoms with Crippen molar-refractivity contribution in [1.82, 2.24) is 9.97 Å². The van der Waals surface area contributed by atoms with Gasteiger partial charge in [-0.1, -0.05) is 11.6 Å². The van der Waals surface area contributed by atoms with Gasteiger partial charge in [0.05, 0.1) is 12.1 Å². The summed E-state index contributed by atoms with van der Waals surface area (Å²) in [6, 6.07) is 7.22. The maximum absolute atomic E-state index is 13.4. The Morgan fingerprint density at radius 3 is 2.85 bits per heavy atom. The predicted molar refractivity (Wildman–Crippen MR) is 98.7 cm³/mol. The number of hydrogen-bond donors (Lipinski definition) is 2. The SMILES string of the molecule is COc1cc2c(cc1O)C=Nc1c(Nc3ccc(F)c(Cl)c3)ncnc1O2. The first-order valence-electron chi connectivity index (χ1n) is 7.75. The van der Waals surface area contributed by atoms with Gasteiger partial charge in [0.25, 0.3) is 5.88 Å². The van der Waals surface area contributed by atoms with Crippen molar-refractivity contribution >= 4 is 35.0 Å². The van der Waals surface area contributed by atoms with Gasteiger partial charge in [-0.05, 0) is 24.3 Å². The van der Waals surface area contributed by atoms with Crippen LogP contribution >= 0.6 is 11.6 Å². The smallest absolute Gasteiger partial charge is 0.250 e. The number of methoxy groups -OCH3 is 1. The molecule has 0 spiro atoms. The molecule has 0 radical (unpaired) electrons. The molecule has 136 valence electrons. The van der Waals surface area contributed by atoms with E-state index in [4.69, 9.17) is 21.1 Å². The maximum atomic E-state index is 13.4. The van der Waals surface area contributed by atoms with Gasteiger partial charge in [0.1, 0.15) is 17.9 Å². The minimum absolute atomic E-state index is 0.0186. The monoisotopic (exact) mass is 386 g/mol. The molecule has 2 N–H and O–H groups in total. The normalized spacial score (nSPS) is 11.8. The molecule has 2 heterocycles. The van der Waals surface area contributed by atoms with Crippen LogP contribution in [0.2, 0.25) is 5.02 Å². The zero-order valence-corrected chi connectivity index (χ0v) is 14.7. The van der Waals surface area contributed by atoms with Crippen LogP contribution in [0.1, 0.15) is 5.56 Å². The van der Waals surface area contributed by atoms with Crippen molar-refractivity contribution in [2.45, 2.75) is 0 Å². The lowest BCUT2D eigenvalue weighted by Crippen LogP contribution is -1.97. The van der Waals surface area contributed by atoms with Crippen LogP contribution in [0.25, 0.3) is 0 Å². The third kappa shape index (κ3) is 3.22. The first kappa shape index (κ1) is 17.0. The van der Waals surface area contributed by atoms with Gasteiger partial charge in [0, 0.05) is 23.5 Å².